The third-order valence-corrected chi connectivity index (χ3v) is 4.39. The van der Waals surface area contributed by atoms with E-state index >= 15 is 0 Å². The normalized spacial score (nSPS) is 15.2. The number of nitriles is 1. The van der Waals surface area contributed by atoms with Crippen LogP contribution in [0.5, 0.6) is 0 Å². The van der Waals surface area contributed by atoms with E-state index in [1.54, 1.807) is 18.3 Å². The number of piperidine rings is 1. The first-order chi connectivity index (χ1) is 12.0. The van der Waals surface area contributed by atoms with Crippen LogP contribution in [0.2, 0.25) is 0 Å². The minimum atomic E-state index is -0.860. The summed E-state index contributed by atoms with van der Waals surface area (Å²) in [5, 5.41) is 9.15. The fourth-order valence-corrected chi connectivity index (χ4v) is 3.08. The van der Waals surface area contributed by atoms with Crippen molar-refractivity contribution in [3.05, 3.63) is 45.4 Å². The molecule has 0 spiro atoms. The van der Waals surface area contributed by atoms with E-state index in [1.807, 2.05) is 17.9 Å². The Labute approximate surface area is 145 Å². The number of nitrogens with two attached hydrogens (primary N) is 1. The van der Waals surface area contributed by atoms with Crippen molar-refractivity contribution in [2.75, 3.05) is 18.0 Å². The van der Waals surface area contributed by atoms with Gasteiger partial charge in [0.2, 0.25) is 0 Å². The summed E-state index contributed by atoms with van der Waals surface area (Å²) in [5.41, 5.74) is 6.34. The van der Waals surface area contributed by atoms with Gasteiger partial charge in [-0.15, -0.1) is 0 Å². The maximum absolute atomic E-state index is 13.0. The van der Waals surface area contributed by atoms with Crippen molar-refractivity contribution in [1.82, 2.24) is 9.38 Å². The molecule has 0 atom stereocenters. The largest absolute Gasteiger partial charge is 0.365 e. The molecular weight excluding hydrogens is 318 g/mol. The third-order valence-electron chi connectivity index (χ3n) is 4.39. The van der Waals surface area contributed by atoms with Gasteiger partial charge < -0.3 is 10.6 Å². The van der Waals surface area contributed by atoms with E-state index in [-0.39, 0.29) is 16.7 Å². The lowest BCUT2D eigenvalue weighted by atomic mass is 10.1. The monoisotopic (exact) mass is 337 g/mol. The summed E-state index contributed by atoms with van der Waals surface area (Å²) in [6, 6.07) is 5.41. The van der Waals surface area contributed by atoms with Crippen LogP contribution in [0.3, 0.4) is 0 Å². The summed E-state index contributed by atoms with van der Waals surface area (Å²) in [7, 11) is 0. The van der Waals surface area contributed by atoms with Crippen LogP contribution in [0.4, 0.5) is 5.82 Å². The van der Waals surface area contributed by atoms with E-state index < -0.39 is 5.91 Å². The molecule has 128 valence electrons. The van der Waals surface area contributed by atoms with Crippen molar-refractivity contribution in [3.63, 3.8) is 0 Å². The molecule has 0 unspecified atom stereocenters. The lowest BCUT2D eigenvalue weighted by Gasteiger charge is -2.29. The van der Waals surface area contributed by atoms with Crippen LogP contribution in [0, 0.1) is 18.3 Å². The molecule has 0 aliphatic carbocycles. The Morgan fingerprint density at radius 2 is 2.08 bits per heavy atom. The molecule has 3 rings (SSSR count). The smallest absolute Gasteiger partial charge is 0.267 e. The number of hydrogen-bond donors (Lipinski definition) is 1. The number of rotatable bonds is 3. The molecule has 1 aliphatic heterocycles. The molecule has 0 saturated carbocycles. The number of anilines is 1. The van der Waals surface area contributed by atoms with Gasteiger partial charge in [0.05, 0.1) is 5.56 Å². The van der Waals surface area contributed by atoms with Crippen molar-refractivity contribution in [3.8, 4) is 6.07 Å². The van der Waals surface area contributed by atoms with E-state index in [4.69, 9.17) is 11.0 Å². The van der Waals surface area contributed by atoms with E-state index in [2.05, 4.69) is 4.98 Å². The Hall–Kier alpha value is -3.14. The predicted molar refractivity (Wildman–Crippen MR) is 95.0 cm³/mol. The molecule has 1 amide bonds. The summed E-state index contributed by atoms with van der Waals surface area (Å²) in [6.07, 6.45) is 6.05. The van der Waals surface area contributed by atoms with Crippen LogP contribution in [0.25, 0.3) is 11.7 Å². The highest BCUT2D eigenvalue weighted by Gasteiger charge is 2.21. The van der Waals surface area contributed by atoms with Crippen molar-refractivity contribution < 1.29 is 4.79 Å². The highest BCUT2D eigenvalue weighted by molar-refractivity contribution is 6.01. The van der Waals surface area contributed by atoms with Gasteiger partial charge in [-0.25, -0.2) is 4.98 Å². The number of amides is 1. The van der Waals surface area contributed by atoms with Gasteiger partial charge in [-0.3, -0.25) is 14.0 Å². The number of hydrogen-bond acceptors (Lipinski definition) is 5. The van der Waals surface area contributed by atoms with Crippen LogP contribution in [0.1, 0.15) is 30.4 Å². The SMILES string of the molecule is Cc1cccn2c(=O)c(C=C(C#N)C(N)=O)c(N3CCCCC3)nc12. The maximum atomic E-state index is 13.0. The molecule has 0 radical (unpaired) electrons. The molecule has 2 aromatic heterocycles. The highest BCUT2D eigenvalue weighted by atomic mass is 16.1. The zero-order valence-electron chi connectivity index (χ0n) is 14.0. The number of aryl methyl sites for hydroxylation is 1. The summed E-state index contributed by atoms with van der Waals surface area (Å²) in [6.45, 7) is 3.46. The zero-order valence-corrected chi connectivity index (χ0v) is 14.0. The summed E-state index contributed by atoms with van der Waals surface area (Å²) in [5.74, 6) is -0.353. The number of fused-ring (bicyclic) bond motifs is 1. The van der Waals surface area contributed by atoms with Gasteiger partial charge in [0, 0.05) is 19.3 Å². The second-order valence-corrected chi connectivity index (χ2v) is 6.12. The number of primary amides is 1. The number of carbonyl (C=O) groups is 1. The maximum Gasteiger partial charge on any atom is 0.267 e. The molecule has 1 saturated heterocycles. The number of aromatic nitrogens is 2. The third kappa shape index (κ3) is 3.11. The first kappa shape index (κ1) is 16.7. The Bertz CT molecular complexity index is 962. The standard InChI is InChI=1S/C18H19N5O2/c1-12-6-5-9-23-16(12)21-17(22-7-3-2-4-8-22)14(18(23)25)10-13(11-19)15(20)24/h5-6,9-10H,2-4,7-8H2,1H3,(H2,20,24). The van der Waals surface area contributed by atoms with Gasteiger partial charge >= 0.3 is 0 Å². The van der Waals surface area contributed by atoms with Crippen molar-refractivity contribution in [2.45, 2.75) is 26.2 Å². The van der Waals surface area contributed by atoms with Crippen LogP contribution < -0.4 is 16.2 Å². The van der Waals surface area contributed by atoms with Crippen LogP contribution in [-0.4, -0.2) is 28.4 Å². The minimum absolute atomic E-state index is 0.223. The van der Waals surface area contributed by atoms with Gasteiger partial charge in [0.25, 0.3) is 11.5 Å². The molecule has 3 heterocycles. The topological polar surface area (TPSA) is 104 Å². The summed E-state index contributed by atoms with van der Waals surface area (Å²) >= 11 is 0. The molecule has 0 bridgehead atoms. The molecular formula is C18H19N5O2. The van der Waals surface area contributed by atoms with Crippen LogP contribution in [0.15, 0.2) is 28.7 Å². The molecule has 25 heavy (non-hydrogen) atoms. The Morgan fingerprint density at radius 1 is 1.36 bits per heavy atom. The zero-order chi connectivity index (χ0) is 18.0. The van der Waals surface area contributed by atoms with E-state index in [1.165, 1.54) is 10.5 Å². The molecule has 1 aliphatic rings. The predicted octanol–water partition coefficient (Wildman–Crippen LogP) is 1.39. The van der Waals surface area contributed by atoms with E-state index in [9.17, 15) is 9.59 Å². The number of carbonyl (C=O) groups excluding carboxylic acids is 1. The van der Waals surface area contributed by atoms with Gasteiger partial charge in [0.1, 0.15) is 23.1 Å². The number of pyridine rings is 1. The summed E-state index contributed by atoms with van der Waals surface area (Å²) in [4.78, 5) is 31.2. The molecule has 2 aromatic rings. The lowest BCUT2D eigenvalue weighted by molar-refractivity contribution is -0.114. The van der Waals surface area contributed by atoms with Crippen molar-refractivity contribution in [1.29, 1.82) is 5.26 Å². The van der Waals surface area contributed by atoms with Gasteiger partial charge in [-0.05, 0) is 43.9 Å². The lowest BCUT2D eigenvalue weighted by Crippen LogP contribution is -2.33. The Kier molecular flexibility index (Phi) is 4.52. The van der Waals surface area contributed by atoms with Gasteiger partial charge in [-0.2, -0.15) is 5.26 Å². The summed E-state index contributed by atoms with van der Waals surface area (Å²) < 4.78 is 1.44. The Morgan fingerprint density at radius 3 is 2.72 bits per heavy atom. The second-order valence-electron chi connectivity index (χ2n) is 6.12. The molecule has 2 N–H and O–H groups in total. The second kappa shape index (κ2) is 6.77. The fourth-order valence-electron chi connectivity index (χ4n) is 3.08. The van der Waals surface area contributed by atoms with Gasteiger partial charge in [0.15, 0.2) is 0 Å². The fraction of sp³-hybridized carbons (Fsp3) is 0.333. The molecule has 1 fully saturated rings. The first-order valence-electron chi connectivity index (χ1n) is 8.21. The van der Waals surface area contributed by atoms with E-state index in [0.29, 0.717) is 11.5 Å². The average molecular weight is 337 g/mol. The Balaban J connectivity index is 2.32. The number of nitrogens with zero attached hydrogens (tertiary/aromatic N) is 4. The van der Waals surface area contributed by atoms with Crippen LogP contribution in [-0.2, 0) is 4.79 Å². The highest BCUT2D eigenvalue weighted by Crippen LogP contribution is 2.23. The molecule has 0 aromatic carbocycles. The van der Waals surface area contributed by atoms with E-state index in [0.717, 1.165) is 37.9 Å². The van der Waals surface area contributed by atoms with Crippen molar-refractivity contribution in [2.24, 2.45) is 5.73 Å². The molecule has 7 nitrogen and oxygen atoms in total. The minimum Gasteiger partial charge on any atom is -0.365 e. The molecule has 7 heteroatoms. The van der Waals surface area contributed by atoms with Crippen LogP contribution >= 0.6 is 0 Å². The van der Waals surface area contributed by atoms with Crippen molar-refractivity contribution >= 4 is 23.4 Å². The first-order valence-corrected chi connectivity index (χ1v) is 8.21. The average Bonchev–Trinajstić information content (AvgIpc) is 2.62. The van der Waals surface area contributed by atoms with Gasteiger partial charge in [-0.1, -0.05) is 6.07 Å². The quantitative estimate of drug-likeness (QED) is 0.673.